The smallest absolute Gasteiger partial charge is 0.196 e. The average molecular weight is 207 g/mol. The van der Waals surface area contributed by atoms with Gasteiger partial charge in [-0.2, -0.15) is 0 Å². The van der Waals surface area contributed by atoms with E-state index >= 15 is 0 Å². The fourth-order valence-electron chi connectivity index (χ4n) is 0.670. The van der Waals surface area contributed by atoms with E-state index in [1.165, 1.54) is 0 Å². The topological polar surface area (TPSA) is 9.23 Å². The molecule has 4 heteroatoms. The van der Waals surface area contributed by atoms with Crippen molar-refractivity contribution in [1.29, 1.82) is 0 Å². The summed E-state index contributed by atoms with van der Waals surface area (Å²) >= 11 is 10.7. The Morgan fingerprint density at radius 3 is 2.36 bits per heavy atom. The quantitative estimate of drug-likeness (QED) is 0.687. The van der Waals surface area contributed by atoms with Crippen LogP contribution in [-0.4, -0.2) is 6.66 Å². The normalized spacial score (nSPS) is 15.5. The van der Waals surface area contributed by atoms with E-state index in [-0.39, 0.29) is 0 Å². The van der Waals surface area contributed by atoms with Gasteiger partial charge in [-0.25, -0.2) is 0 Å². The van der Waals surface area contributed by atoms with E-state index in [4.69, 9.17) is 27.6 Å². The minimum atomic E-state index is -2.08. The maximum atomic E-state index is 5.77. The highest BCUT2D eigenvalue weighted by molar-refractivity contribution is 8.24. The van der Waals surface area contributed by atoms with Gasteiger partial charge < -0.3 is 4.52 Å². The Morgan fingerprint density at radius 2 is 1.91 bits per heavy atom. The van der Waals surface area contributed by atoms with Gasteiger partial charge in [0.1, 0.15) is 5.75 Å². The van der Waals surface area contributed by atoms with Gasteiger partial charge in [0, 0.05) is 6.66 Å². The molecular weight excluding hydrogens is 199 g/mol. The Morgan fingerprint density at radius 1 is 1.36 bits per heavy atom. The number of halogens is 1. The molecule has 0 aliphatic heterocycles. The molecule has 0 aliphatic carbocycles. The van der Waals surface area contributed by atoms with Crippen molar-refractivity contribution in [3.05, 3.63) is 30.3 Å². The zero-order valence-corrected chi connectivity index (χ0v) is 8.50. The fraction of sp³-hybridized carbons (Fsp3) is 0.143. The van der Waals surface area contributed by atoms with Crippen molar-refractivity contribution < 1.29 is 4.52 Å². The molecule has 1 nitrogen and oxygen atoms in total. The van der Waals surface area contributed by atoms with Gasteiger partial charge in [-0.15, -0.1) is 0 Å². The second kappa shape index (κ2) is 3.57. The van der Waals surface area contributed by atoms with E-state index in [0.29, 0.717) is 0 Å². The third kappa shape index (κ3) is 3.76. The monoisotopic (exact) mass is 206 g/mol. The lowest BCUT2D eigenvalue weighted by molar-refractivity contribution is 0.629. The van der Waals surface area contributed by atoms with Gasteiger partial charge >= 0.3 is 0 Å². The molecule has 1 aromatic carbocycles. The molecule has 0 aliphatic rings. The molecule has 0 bridgehead atoms. The fourth-order valence-corrected chi connectivity index (χ4v) is 1.67. The van der Waals surface area contributed by atoms with Crippen LogP contribution in [0.25, 0.3) is 0 Å². The Hall–Kier alpha value is -0.0400. The van der Waals surface area contributed by atoms with Crippen molar-refractivity contribution in [2.24, 2.45) is 0 Å². The van der Waals surface area contributed by atoms with Crippen LogP contribution in [0.5, 0.6) is 5.75 Å². The van der Waals surface area contributed by atoms with E-state index in [1.54, 1.807) is 6.66 Å². The Kier molecular flexibility index (Phi) is 2.94. The maximum absolute atomic E-state index is 5.77. The molecule has 0 saturated carbocycles. The number of para-hydroxylation sites is 1. The summed E-state index contributed by atoms with van der Waals surface area (Å²) in [5, 5.41) is 0. The molecule has 60 valence electrons. The lowest BCUT2D eigenvalue weighted by atomic mass is 10.3. The standard InChI is InChI=1S/C7H8ClOPS/c1-10(8,11)9-7-5-3-2-4-6-7/h2-6H,1H3. The first-order valence-corrected chi connectivity index (χ1v) is 7.17. The summed E-state index contributed by atoms with van der Waals surface area (Å²) in [6, 6.07) is 9.37. The second-order valence-electron chi connectivity index (χ2n) is 2.15. The van der Waals surface area contributed by atoms with Gasteiger partial charge in [0.2, 0.25) is 0 Å². The van der Waals surface area contributed by atoms with E-state index in [9.17, 15) is 0 Å². The molecule has 1 aromatic rings. The molecule has 0 heterocycles. The highest BCUT2D eigenvalue weighted by Crippen LogP contribution is 2.48. The van der Waals surface area contributed by atoms with Gasteiger partial charge in [0.15, 0.2) is 5.62 Å². The van der Waals surface area contributed by atoms with Gasteiger partial charge in [0.05, 0.1) is 0 Å². The molecule has 0 spiro atoms. The van der Waals surface area contributed by atoms with Crippen molar-refractivity contribution >= 4 is 28.7 Å². The second-order valence-corrected chi connectivity index (χ2v) is 8.45. The first kappa shape index (κ1) is 9.05. The van der Waals surface area contributed by atoms with Crippen LogP contribution in [0, 0.1) is 0 Å². The van der Waals surface area contributed by atoms with Crippen LogP contribution in [0.4, 0.5) is 0 Å². The van der Waals surface area contributed by atoms with Crippen LogP contribution in [-0.2, 0) is 11.8 Å². The van der Waals surface area contributed by atoms with Crippen LogP contribution in [0.3, 0.4) is 0 Å². The summed E-state index contributed by atoms with van der Waals surface area (Å²) in [7, 11) is 0. The van der Waals surface area contributed by atoms with E-state index in [2.05, 4.69) is 0 Å². The molecule has 1 unspecified atom stereocenters. The minimum absolute atomic E-state index is 0.744. The predicted octanol–water partition coefficient (Wildman–Crippen LogP) is 3.24. The third-order valence-electron chi connectivity index (χ3n) is 1.01. The van der Waals surface area contributed by atoms with Crippen molar-refractivity contribution in [2.45, 2.75) is 0 Å². The van der Waals surface area contributed by atoms with Gasteiger partial charge in [-0.3, -0.25) is 0 Å². The number of hydrogen-bond donors (Lipinski definition) is 0. The van der Waals surface area contributed by atoms with E-state index in [0.717, 1.165) is 5.75 Å². The molecule has 0 radical (unpaired) electrons. The third-order valence-corrected chi connectivity index (χ3v) is 1.98. The van der Waals surface area contributed by atoms with Gasteiger partial charge in [-0.05, 0) is 35.2 Å². The zero-order valence-electron chi connectivity index (χ0n) is 6.03. The molecular formula is C7H8ClOPS. The van der Waals surface area contributed by atoms with Crippen LogP contribution in [0.1, 0.15) is 0 Å². The average Bonchev–Trinajstić information content (AvgIpc) is 1.85. The first-order valence-electron chi connectivity index (χ1n) is 3.10. The molecule has 1 rings (SSSR count). The van der Waals surface area contributed by atoms with Crippen LogP contribution < -0.4 is 4.52 Å². The van der Waals surface area contributed by atoms with Crippen molar-refractivity contribution in [3.63, 3.8) is 0 Å². The molecule has 0 saturated heterocycles. The molecule has 0 fully saturated rings. The Balaban J connectivity index is 2.74. The highest BCUT2D eigenvalue weighted by atomic mass is 35.7. The maximum Gasteiger partial charge on any atom is 0.196 e. The zero-order chi connectivity index (χ0) is 8.32. The van der Waals surface area contributed by atoms with Gasteiger partial charge in [0.25, 0.3) is 0 Å². The first-order chi connectivity index (χ1) is 5.08. The number of benzene rings is 1. The summed E-state index contributed by atoms with van der Waals surface area (Å²) in [5.74, 6) is 0.744. The summed E-state index contributed by atoms with van der Waals surface area (Å²) < 4.78 is 5.29. The van der Waals surface area contributed by atoms with Crippen molar-refractivity contribution in [3.8, 4) is 5.75 Å². The molecule has 0 aromatic heterocycles. The Bertz CT molecular complexity index is 269. The molecule has 11 heavy (non-hydrogen) atoms. The summed E-state index contributed by atoms with van der Waals surface area (Å²) in [6.45, 7) is 1.73. The van der Waals surface area contributed by atoms with Crippen LogP contribution in [0.2, 0.25) is 0 Å². The van der Waals surface area contributed by atoms with Crippen LogP contribution in [0.15, 0.2) is 30.3 Å². The summed E-state index contributed by atoms with van der Waals surface area (Å²) in [4.78, 5) is 0. The SMILES string of the molecule is CP(=S)(Cl)Oc1ccccc1. The predicted molar refractivity (Wildman–Crippen MR) is 53.1 cm³/mol. The molecule has 0 N–H and O–H groups in total. The largest absolute Gasteiger partial charge is 0.453 e. The Labute approximate surface area is 76.2 Å². The molecule has 1 atom stereocenters. The number of rotatable bonds is 2. The van der Waals surface area contributed by atoms with E-state index in [1.807, 2.05) is 30.3 Å². The van der Waals surface area contributed by atoms with Crippen molar-refractivity contribution in [2.75, 3.05) is 6.66 Å². The van der Waals surface area contributed by atoms with Gasteiger partial charge in [-0.1, -0.05) is 18.2 Å². The highest BCUT2D eigenvalue weighted by Gasteiger charge is 2.05. The lowest BCUT2D eigenvalue weighted by Gasteiger charge is -2.09. The van der Waals surface area contributed by atoms with Crippen LogP contribution >= 0.6 is 16.9 Å². The lowest BCUT2D eigenvalue weighted by Crippen LogP contribution is -1.82. The summed E-state index contributed by atoms with van der Waals surface area (Å²) in [5.41, 5.74) is -2.08. The van der Waals surface area contributed by atoms with E-state index < -0.39 is 5.62 Å². The molecule has 0 amide bonds. The number of hydrogen-bond acceptors (Lipinski definition) is 2. The van der Waals surface area contributed by atoms with Crippen molar-refractivity contribution in [1.82, 2.24) is 0 Å². The minimum Gasteiger partial charge on any atom is -0.453 e. The summed E-state index contributed by atoms with van der Waals surface area (Å²) in [6.07, 6.45) is 0.